The summed E-state index contributed by atoms with van der Waals surface area (Å²) in [6.07, 6.45) is 4.00. The summed E-state index contributed by atoms with van der Waals surface area (Å²) in [5.74, 6) is 0.238. The molecule has 3 rings (SSSR count). The molecule has 6 heteroatoms. The van der Waals surface area contributed by atoms with Gasteiger partial charge >= 0.3 is 6.03 Å². The van der Waals surface area contributed by atoms with E-state index in [0.29, 0.717) is 6.67 Å². The highest BCUT2D eigenvalue weighted by Crippen LogP contribution is 2.38. The Kier molecular flexibility index (Phi) is 4.41. The van der Waals surface area contributed by atoms with Gasteiger partial charge in [0, 0.05) is 26.2 Å². The Morgan fingerprint density at radius 2 is 1.82 bits per heavy atom. The lowest BCUT2D eigenvalue weighted by Crippen LogP contribution is -2.55. The van der Waals surface area contributed by atoms with Gasteiger partial charge in [-0.2, -0.15) is 0 Å². The van der Waals surface area contributed by atoms with Crippen LogP contribution in [0.15, 0.2) is 0 Å². The molecule has 1 N–H and O–H groups in total. The fraction of sp³-hybridized carbons (Fsp3) is 0.875. The Hall–Kier alpha value is -1.14. The van der Waals surface area contributed by atoms with Crippen molar-refractivity contribution in [2.75, 3.05) is 39.4 Å². The second-order valence-corrected chi connectivity index (χ2v) is 6.98. The number of nitrogens with zero attached hydrogens (tertiary/aromatic N) is 3. The number of piperazine rings is 1. The van der Waals surface area contributed by atoms with Crippen molar-refractivity contribution in [2.45, 2.75) is 45.1 Å². The molecule has 3 fully saturated rings. The highest BCUT2D eigenvalue weighted by molar-refractivity contribution is 6.07. The van der Waals surface area contributed by atoms with Crippen molar-refractivity contribution in [1.29, 1.82) is 0 Å². The van der Waals surface area contributed by atoms with E-state index in [4.69, 9.17) is 0 Å². The smallest absolute Gasteiger partial charge is 0.323 e. The first-order chi connectivity index (χ1) is 10.6. The SMILES string of the molecule is CCN1CCN(CN2C(=O)NC3(CCCCC3C)C2=O)CC1. The van der Waals surface area contributed by atoms with E-state index in [2.05, 4.69) is 29.0 Å². The lowest BCUT2D eigenvalue weighted by Gasteiger charge is -2.38. The van der Waals surface area contributed by atoms with E-state index in [-0.39, 0.29) is 17.9 Å². The zero-order valence-electron chi connectivity index (χ0n) is 13.8. The number of nitrogens with one attached hydrogen (secondary N) is 1. The largest absolute Gasteiger partial charge is 0.326 e. The van der Waals surface area contributed by atoms with Crippen LogP contribution in [0.1, 0.15) is 39.5 Å². The van der Waals surface area contributed by atoms with Gasteiger partial charge in [0.25, 0.3) is 5.91 Å². The van der Waals surface area contributed by atoms with Gasteiger partial charge in [-0.3, -0.25) is 9.69 Å². The van der Waals surface area contributed by atoms with Crippen molar-refractivity contribution in [3.63, 3.8) is 0 Å². The first-order valence-corrected chi connectivity index (χ1v) is 8.65. The molecule has 22 heavy (non-hydrogen) atoms. The summed E-state index contributed by atoms with van der Waals surface area (Å²) in [6.45, 7) is 9.65. The van der Waals surface area contributed by atoms with Gasteiger partial charge in [0.05, 0.1) is 6.67 Å². The molecular formula is C16H28N4O2. The number of carbonyl (C=O) groups excluding carboxylic acids is 2. The van der Waals surface area contributed by atoms with Gasteiger partial charge in [-0.25, -0.2) is 9.69 Å². The molecule has 0 aromatic heterocycles. The molecule has 1 spiro atoms. The first kappa shape index (κ1) is 15.7. The molecule has 1 aliphatic carbocycles. The Bertz CT molecular complexity index is 447. The van der Waals surface area contributed by atoms with Crippen LogP contribution in [0.25, 0.3) is 0 Å². The van der Waals surface area contributed by atoms with Crippen molar-refractivity contribution in [3.8, 4) is 0 Å². The first-order valence-electron chi connectivity index (χ1n) is 8.65. The average molecular weight is 308 g/mol. The van der Waals surface area contributed by atoms with Crippen molar-refractivity contribution in [3.05, 3.63) is 0 Å². The van der Waals surface area contributed by atoms with Crippen LogP contribution < -0.4 is 5.32 Å². The number of hydrogen-bond acceptors (Lipinski definition) is 4. The average Bonchev–Trinajstić information content (AvgIpc) is 2.76. The monoisotopic (exact) mass is 308 g/mol. The summed E-state index contributed by atoms with van der Waals surface area (Å²) in [5.41, 5.74) is -0.624. The predicted octanol–water partition coefficient (Wildman–Crippen LogP) is 1.08. The molecule has 2 aliphatic heterocycles. The van der Waals surface area contributed by atoms with E-state index in [0.717, 1.165) is 58.4 Å². The second kappa shape index (κ2) is 6.16. The maximum atomic E-state index is 12.9. The van der Waals surface area contributed by atoms with Crippen LogP contribution in [0.4, 0.5) is 4.79 Å². The van der Waals surface area contributed by atoms with Gasteiger partial charge in [0.15, 0.2) is 0 Å². The van der Waals surface area contributed by atoms with Crippen LogP contribution in [-0.4, -0.2) is 71.6 Å². The third kappa shape index (κ3) is 2.63. The number of carbonyl (C=O) groups is 2. The lowest BCUT2D eigenvalue weighted by molar-refractivity contribution is -0.136. The number of amides is 3. The fourth-order valence-corrected chi connectivity index (χ4v) is 4.07. The lowest BCUT2D eigenvalue weighted by atomic mass is 9.73. The Morgan fingerprint density at radius 1 is 1.14 bits per heavy atom. The molecular weight excluding hydrogens is 280 g/mol. The third-order valence-electron chi connectivity index (χ3n) is 5.75. The number of rotatable bonds is 3. The predicted molar refractivity (Wildman–Crippen MR) is 84.3 cm³/mol. The maximum absolute atomic E-state index is 12.9. The van der Waals surface area contributed by atoms with Crippen molar-refractivity contribution >= 4 is 11.9 Å². The molecule has 3 aliphatic rings. The van der Waals surface area contributed by atoms with E-state index in [1.54, 1.807) is 0 Å². The van der Waals surface area contributed by atoms with Crippen LogP contribution in [0.2, 0.25) is 0 Å². The van der Waals surface area contributed by atoms with Crippen LogP contribution in [0, 0.1) is 5.92 Å². The number of urea groups is 1. The van der Waals surface area contributed by atoms with Crippen LogP contribution in [0.3, 0.4) is 0 Å². The van der Waals surface area contributed by atoms with Crippen molar-refractivity contribution < 1.29 is 9.59 Å². The van der Waals surface area contributed by atoms with Crippen molar-refractivity contribution in [1.82, 2.24) is 20.0 Å². The highest BCUT2D eigenvalue weighted by Gasteiger charge is 2.55. The summed E-state index contributed by atoms with van der Waals surface area (Å²) in [7, 11) is 0. The number of imide groups is 1. The van der Waals surface area contributed by atoms with Gasteiger partial charge in [-0.1, -0.05) is 26.7 Å². The van der Waals surface area contributed by atoms with Crippen LogP contribution >= 0.6 is 0 Å². The maximum Gasteiger partial charge on any atom is 0.326 e. The standard InChI is InChI=1S/C16H28N4O2/c1-3-18-8-10-19(11-9-18)12-20-14(21)16(17-15(20)22)7-5-4-6-13(16)2/h13H,3-12H2,1-2H3,(H,17,22). The van der Waals surface area contributed by atoms with E-state index in [9.17, 15) is 9.59 Å². The molecule has 2 saturated heterocycles. The number of likely N-dealkylation sites (N-methyl/N-ethyl adjacent to an activating group) is 1. The van der Waals surface area contributed by atoms with Gasteiger partial charge < -0.3 is 10.2 Å². The Labute approximate surface area is 132 Å². The summed E-state index contributed by atoms with van der Waals surface area (Å²) >= 11 is 0. The van der Waals surface area contributed by atoms with Crippen molar-refractivity contribution in [2.24, 2.45) is 5.92 Å². The van der Waals surface area contributed by atoms with Gasteiger partial charge in [0.1, 0.15) is 5.54 Å². The highest BCUT2D eigenvalue weighted by atomic mass is 16.2. The molecule has 0 aromatic carbocycles. The fourth-order valence-electron chi connectivity index (χ4n) is 4.07. The van der Waals surface area contributed by atoms with E-state index >= 15 is 0 Å². The zero-order chi connectivity index (χ0) is 15.7. The topological polar surface area (TPSA) is 55.9 Å². The molecule has 2 unspecified atom stereocenters. The summed E-state index contributed by atoms with van der Waals surface area (Å²) in [5, 5.41) is 3.03. The minimum absolute atomic E-state index is 0.00243. The van der Waals surface area contributed by atoms with Gasteiger partial charge in [-0.15, -0.1) is 0 Å². The molecule has 0 radical (unpaired) electrons. The molecule has 1 saturated carbocycles. The van der Waals surface area contributed by atoms with E-state index in [1.807, 2.05) is 0 Å². The summed E-state index contributed by atoms with van der Waals surface area (Å²) in [4.78, 5) is 31.3. The van der Waals surface area contributed by atoms with E-state index in [1.165, 1.54) is 4.90 Å². The molecule has 3 amide bonds. The normalized spacial score (nSPS) is 34.5. The molecule has 6 nitrogen and oxygen atoms in total. The molecule has 0 aromatic rings. The molecule has 124 valence electrons. The van der Waals surface area contributed by atoms with Gasteiger partial charge in [-0.05, 0) is 25.3 Å². The molecule has 2 atom stereocenters. The quantitative estimate of drug-likeness (QED) is 0.793. The minimum Gasteiger partial charge on any atom is -0.323 e. The summed E-state index contributed by atoms with van der Waals surface area (Å²) in [6, 6.07) is -0.198. The second-order valence-electron chi connectivity index (χ2n) is 6.98. The van der Waals surface area contributed by atoms with Crippen LogP contribution in [-0.2, 0) is 4.79 Å². The Balaban J connectivity index is 1.65. The minimum atomic E-state index is -0.624. The van der Waals surface area contributed by atoms with E-state index < -0.39 is 5.54 Å². The Morgan fingerprint density at radius 3 is 2.45 bits per heavy atom. The molecule has 0 bridgehead atoms. The summed E-state index contributed by atoms with van der Waals surface area (Å²) < 4.78 is 0. The van der Waals surface area contributed by atoms with Gasteiger partial charge in [0.2, 0.25) is 0 Å². The third-order valence-corrected chi connectivity index (χ3v) is 5.75. The zero-order valence-corrected chi connectivity index (χ0v) is 13.8. The van der Waals surface area contributed by atoms with Crippen LogP contribution in [0.5, 0.6) is 0 Å². The number of hydrogen-bond donors (Lipinski definition) is 1. The molecule has 2 heterocycles.